The molecule has 1 aromatic rings. The van der Waals surface area contributed by atoms with Crippen LogP contribution in [0.25, 0.3) is 0 Å². The molecule has 5 nitrogen and oxygen atoms in total. The van der Waals surface area contributed by atoms with Gasteiger partial charge in [0.1, 0.15) is 0 Å². The van der Waals surface area contributed by atoms with Gasteiger partial charge in [-0.3, -0.25) is 9.89 Å². The maximum absolute atomic E-state index is 5.83. The van der Waals surface area contributed by atoms with Crippen molar-refractivity contribution in [3.8, 4) is 0 Å². The SMILES string of the molecule is CCCN=C(N)NCCCN1CCN(C)CC1c1ccccc1.I. The number of likely N-dealkylation sites (N-methyl/N-ethyl adjacent to an activating group) is 1. The number of nitrogens with one attached hydrogen (secondary N) is 1. The van der Waals surface area contributed by atoms with E-state index in [0.29, 0.717) is 12.0 Å². The molecular formula is C18H32IN5. The third kappa shape index (κ3) is 6.94. The van der Waals surface area contributed by atoms with Gasteiger partial charge in [-0.05, 0) is 25.5 Å². The molecule has 0 amide bonds. The molecule has 1 heterocycles. The topological polar surface area (TPSA) is 56.9 Å². The van der Waals surface area contributed by atoms with Gasteiger partial charge in [-0.15, -0.1) is 24.0 Å². The van der Waals surface area contributed by atoms with Crippen molar-refractivity contribution in [2.45, 2.75) is 25.8 Å². The minimum Gasteiger partial charge on any atom is -0.370 e. The van der Waals surface area contributed by atoms with Crippen molar-refractivity contribution >= 4 is 29.9 Å². The minimum absolute atomic E-state index is 0. The molecule has 0 radical (unpaired) electrons. The highest BCUT2D eigenvalue weighted by Gasteiger charge is 2.25. The van der Waals surface area contributed by atoms with Crippen LogP contribution in [0, 0.1) is 0 Å². The fourth-order valence-electron chi connectivity index (χ4n) is 3.00. The van der Waals surface area contributed by atoms with Gasteiger partial charge in [0.2, 0.25) is 0 Å². The second kappa shape index (κ2) is 11.7. The van der Waals surface area contributed by atoms with Crippen molar-refractivity contribution in [2.24, 2.45) is 10.7 Å². The van der Waals surface area contributed by atoms with Gasteiger partial charge in [-0.2, -0.15) is 0 Å². The number of halogens is 1. The van der Waals surface area contributed by atoms with Gasteiger partial charge in [0.25, 0.3) is 0 Å². The van der Waals surface area contributed by atoms with Crippen LogP contribution in [0.2, 0.25) is 0 Å². The second-order valence-electron chi connectivity index (χ2n) is 6.27. The predicted octanol–water partition coefficient (Wildman–Crippen LogP) is 2.30. The minimum atomic E-state index is 0. The van der Waals surface area contributed by atoms with Crippen LogP contribution in [0.5, 0.6) is 0 Å². The number of benzene rings is 1. The summed E-state index contributed by atoms with van der Waals surface area (Å²) in [7, 11) is 2.21. The molecule has 2 rings (SSSR count). The fraction of sp³-hybridized carbons (Fsp3) is 0.611. The van der Waals surface area contributed by atoms with Crippen LogP contribution in [0.15, 0.2) is 35.3 Å². The van der Waals surface area contributed by atoms with Crippen molar-refractivity contribution in [1.82, 2.24) is 15.1 Å². The lowest BCUT2D eigenvalue weighted by Gasteiger charge is -2.40. The van der Waals surface area contributed by atoms with Crippen molar-refractivity contribution < 1.29 is 0 Å². The maximum atomic E-state index is 5.83. The molecular weight excluding hydrogens is 413 g/mol. The Morgan fingerprint density at radius 1 is 1.29 bits per heavy atom. The molecule has 0 bridgehead atoms. The zero-order valence-electron chi connectivity index (χ0n) is 14.9. The molecule has 0 aromatic heterocycles. The third-order valence-corrected chi connectivity index (χ3v) is 4.31. The Kier molecular flexibility index (Phi) is 10.3. The standard InChI is InChI=1S/C18H31N5.HI/c1-3-10-20-18(19)21-11-7-12-23-14-13-22(2)15-17(23)16-8-5-4-6-9-16;/h4-6,8-9,17H,3,7,10-15H2,1-2H3,(H3,19,20,21);1H. The van der Waals surface area contributed by atoms with E-state index >= 15 is 0 Å². The molecule has 1 unspecified atom stereocenters. The first-order valence-corrected chi connectivity index (χ1v) is 8.72. The van der Waals surface area contributed by atoms with Crippen molar-refractivity contribution in [3.05, 3.63) is 35.9 Å². The van der Waals surface area contributed by atoms with Crippen LogP contribution in [-0.2, 0) is 0 Å². The quantitative estimate of drug-likeness (QED) is 0.293. The zero-order chi connectivity index (χ0) is 16.5. The number of nitrogens with zero attached hydrogens (tertiary/aromatic N) is 3. The van der Waals surface area contributed by atoms with E-state index in [1.807, 2.05) is 0 Å². The van der Waals surface area contributed by atoms with Crippen LogP contribution < -0.4 is 11.1 Å². The van der Waals surface area contributed by atoms with E-state index in [4.69, 9.17) is 5.73 Å². The van der Waals surface area contributed by atoms with Gasteiger partial charge in [0, 0.05) is 45.3 Å². The van der Waals surface area contributed by atoms with Gasteiger partial charge in [0.15, 0.2) is 5.96 Å². The summed E-state index contributed by atoms with van der Waals surface area (Å²) in [5, 5.41) is 3.21. The van der Waals surface area contributed by atoms with Gasteiger partial charge in [-0.1, -0.05) is 37.3 Å². The monoisotopic (exact) mass is 445 g/mol. The summed E-state index contributed by atoms with van der Waals surface area (Å²) in [6.45, 7) is 8.22. The maximum Gasteiger partial charge on any atom is 0.188 e. The number of piperazine rings is 1. The molecule has 6 heteroatoms. The van der Waals surface area contributed by atoms with Gasteiger partial charge < -0.3 is 16.0 Å². The first-order chi connectivity index (χ1) is 11.2. The molecule has 0 spiro atoms. The molecule has 1 fully saturated rings. The molecule has 0 aliphatic carbocycles. The van der Waals surface area contributed by atoms with E-state index in [1.54, 1.807) is 0 Å². The number of aliphatic imine (C=N–C) groups is 1. The molecule has 1 aliphatic rings. The number of guanidine groups is 1. The highest BCUT2D eigenvalue weighted by atomic mass is 127. The molecule has 1 aliphatic heterocycles. The van der Waals surface area contributed by atoms with Gasteiger partial charge in [-0.25, -0.2) is 0 Å². The lowest BCUT2D eigenvalue weighted by molar-refractivity contribution is 0.0891. The highest BCUT2D eigenvalue weighted by Crippen LogP contribution is 2.24. The molecule has 136 valence electrons. The average Bonchev–Trinajstić information content (AvgIpc) is 2.58. The summed E-state index contributed by atoms with van der Waals surface area (Å²) in [4.78, 5) is 9.27. The summed E-state index contributed by atoms with van der Waals surface area (Å²) >= 11 is 0. The zero-order valence-corrected chi connectivity index (χ0v) is 17.3. The lowest BCUT2D eigenvalue weighted by atomic mass is 10.0. The first kappa shape index (κ1) is 21.2. The van der Waals surface area contributed by atoms with E-state index in [1.165, 1.54) is 5.56 Å². The number of nitrogens with two attached hydrogens (primary N) is 1. The lowest BCUT2D eigenvalue weighted by Crippen LogP contribution is -2.47. The summed E-state index contributed by atoms with van der Waals surface area (Å²) < 4.78 is 0. The van der Waals surface area contributed by atoms with Crippen LogP contribution in [-0.4, -0.2) is 62.1 Å². The molecule has 24 heavy (non-hydrogen) atoms. The highest BCUT2D eigenvalue weighted by molar-refractivity contribution is 14.0. The predicted molar refractivity (Wildman–Crippen MR) is 113 cm³/mol. The van der Waals surface area contributed by atoms with E-state index in [2.05, 4.69) is 64.4 Å². The Morgan fingerprint density at radius 3 is 2.75 bits per heavy atom. The van der Waals surface area contributed by atoms with Crippen LogP contribution >= 0.6 is 24.0 Å². The Hall–Kier alpha value is -0.860. The summed E-state index contributed by atoms with van der Waals surface area (Å²) in [5.41, 5.74) is 7.25. The second-order valence-corrected chi connectivity index (χ2v) is 6.27. The van der Waals surface area contributed by atoms with Crippen molar-refractivity contribution in [1.29, 1.82) is 0 Å². The molecule has 1 saturated heterocycles. The molecule has 3 N–H and O–H groups in total. The van der Waals surface area contributed by atoms with E-state index < -0.39 is 0 Å². The number of hydrogen-bond acceptors (Lipinski definition) is 3. The molecule has 1 atom stereocenters. The molecule has 1 aromatic carbocycles. The van der Waals surface area contributed by atoms with Crippen LogP contribution in [0.1, 0.15) is 31.4 Å². The number of rotatable bonds is 7. The van der Waals surface area contributed by atoms with Crippen LogP contribution in [0.3, 0.4) is 0 Å². The summed E-state index contributed by atoms with van der Waals surface area (Å²) in [5.74, 6) is 0.574. The van der Waals surface area contributed by atoms with Crippen molar-refractivity contribution in [2.75, 3.05) is 46.3 Å². The summed E-state index contributed by atoms with van der Waals surface area (Å²) in [6, 6.07) is 11.3. The Morgan fingerprint density at radius 2 is 2.04 bits per heavy atom. The number of hydrogen-bond donors (Lipinski definition) is 2. The largest absolute Gasteiger partial charge is 0.370 e. The Balaban J connectivity index is 0.00000288. The van der Waals surface area contributed by atoms with Crippen LogP contribution in [0.4, 0.5) is 0 Å². The van der Waals surface area contributed by atoms with Gasteiger partial charge >= 0.3 is 0 Å². The van der Waals surface area contributed by atoms with E-state index in [9.17, 15) is 0 Å². The van der Waals surface area contributed by atoms with Gasteiger partial charge in [0.05, 0.1) is 0 Å². The average molecular weight is 445 g/mol. The van der Waals surface area contributed by atoms with E-state index in [-0.39, 0.29) is 24.0 Å². The Bertz CT molecular complexity index is 480. The fourth-order valence-corrected chi connectivity index (χ4v) is 3.00. The van der Waals surface area contributed by atoms with Crippen molar-refractivity contribution in [3.63, 3.8) is 0 Å². The Labute approximate surface area is 163 Å². The first-order valence-electron chi connectivity index (χ1n) is 8.72. The normalized spacial score (nSPS) is 19.8. The summed E-state index contributed by atoms with van der Waals surface area (Å²) in [6.07, 6.45) is 2.11. The smallest absolute Gasteiger partial charge is 0.188 e. The third-order valence-electron chi connectivity index (χ3n) is 4.31. The van der Waals surface area contributed by atoms with E-state index in [0.717, 1.165) is 52.1 Å². The molecule has 0 saturated carbocycles.